The molecule has 0 unspecified atom stereocenters. The van der Waals surface area contributed by atoms with Gasteiger partial charge >= 0.3 is 0 Å². The molecule has 1 aromatic rings. The molecule has 128 valence electrons. The molecular weight excluding hydrogens is 294 g/mol. The van der Waals surface area contributed by atoms with Crippen LogP contribution in [0, 0.1) is 6.92 Å². The monoisotopic (exact) mass is 321 g/mol. The lowest BCUT2D eigenvalue weighted by Gasteiger charge is -2.33. The number of piperidine rings is 1. The number of aromatic nitrogens is 1. The molecule has 2 fully saturated rings. The van der Waals surface area contributed by atoms with E-state index in [0.717, 1.165) is 39.1 Å². The van der Waals surface area contributed by atoms with Gasteiger partial charge < -0.3 is 19.4 Å². The minimum Gasteiger partial charge on any atom is -0.435 e. The molecule has 6 nitrogen and oxygen atoms in total. The Morgan fingerprint density at radius 3 is 2.74 bits per heavy atom. The molecule has 1 amide bonds. The Balaban J connectivity index is 1.46. The summed E-state index contributed by atoms with van der Waals surface area (Å²) in [5, 5.41) is 3.10. The zero-order chi connectivity index (χ0) is 16.2. The molecule has 2 aliphatic rings. The van der Waals surface area contributed by atoms with Gasteiger partial charge in [-0.1, -0.05) is 6.92 Å². The summed E-state index contributed by atoms with van der Waals surface area (Å²) in [5.41, 5.74) is 0.676. The lowest BCUT2D eigenvalue weighted by molar-refractivity contribution is 0.0609. The third-order valence-electron chi connectivity index (χ3n) is 4.76. The molecule has 1 aromatic heterocycles. The maximum absolute atomic E-state index is 12.3. The van der Waals surface area contributed by atoms with Crippen LogP contribution < -0.4 is 5.32 Å². The van der Waals surface area contributed by atoms with Crippen LogP contribution in [-0.2, 0) is 11.2 Å². The number of nitrogens with one attached hydrogen (secondary N) is 1. The summed E-state index contributed by atoms with van der Waals surface area (Å²) >= 11 is 0. The fourth-order valence-electron chi connectivity index (χ4n) is 3.40. The highest BCUT2D eigenvalue weighted by Crippen LogP contribution is 2.18. The van der Waals surface area contributed by atoms with E-state index < -0.39 is 0 Å². The Morgan fingerprint density at radius 1 is 1.35 bits per heavy atom. The fourth-order valence-corrected chi connectivity index (χ4v) is 3.40. The van der Waals surface area contributed by atoms with Crippen molar-refractivity contribution >= 4 is 5.91 Å². The van der Waals surface area contributed by atoms with Gasteiger partial charge in [0.2, 0.25) is 5.76 Å². The van der Waals surface area contributed by atoms with Crippen molar-refractivity contribution in [1.82, 2.24) is 15.2 Å². The average molecular weight is 321 g/mol. The second kappa shape index (κ2) is 7.45. The summed E-state index contributed by atoms with van der Waals surface area (Å²) < 4.78 is 11.2. The summed E-state index contributed by atoms with van der Waals surface area (Å²) in [6, 6.07) is 0.220. The van der Waals surface area contributed by atoms with Crippen LogP contribution in [0.4, 0.5) is 0 Å². The van der Waals surface area contributed by atoms with Crippen LogP contribution in [0.25, 0.3) is 0 Å². The third-order valence-corrected chi connectivity index (χ3v) is 4.76. The largest absolute Gasteiger partial charge is 0.435 e. The van der Waals surface area contributed by atoms with E-state index in [2.05, 4.69) is 15.2 Å². The van der Waals surface area contributed by atoms with Crippen LogP contribution in [0.2, 0.25) is 0 Å². The molecule has 23 heavy (non-hydrogen) atoms. The topological polar surface area (TPSA) is 67.6 Å². The second-order valence-electron chi connectivity index (χ2n) is 6.56. The number of oxazole rings is 1. The Kier molecular flexibility index (Phi) is 5.33. The van der Waals surface area contributed by atoms with Crippen molar-refractivity contribution in [3.05, 3.63) is 17.3 Å². The van der Waals surface area contributed by atoms with E-state index in [1.807, 2.05) is 13.8 Å². The van der Waals surface area contributed by atoms with E-state index in [-0.39, 0.29) is 11.9 Å². The fraction of sp³-hybridized carbons (Fsp3) is 0.765. The lowest BCUT2D eigenvalue weighted by atomic mass is 10.0. The molecule has 1 atom stereocenters. The summed E-state index contributed by atoms with van der Waals surface area (Å²) in [4.78, 5) is 19.1. The Bertz CT molecular complexity index is 529. The predicted octanol–water partition coefficient (Wildman–Crippen LogP) is 1.92. The Labute approximate surface area is 137 Å². The van der Waals surface area contributed by atoms with Crippen LogP contribution in [0.3, 0.4) is 0 Å². The number of hydrogen-bond acceptors (Lipinski definition) is 5. The van der Waals surface area contributed by atoms with Gasteiger partial charge in [-0.15, -0.1) is 0 Å². The maximum atomic E-state index is 12.3. The molecule has 0 aliphatic carbocycles. The lowest BCUT2D eigenvalue weighted by Crippen LogP contribution is -2.46. The van der Waals surface area contributed by atoms with Crippen LogP contribution in [0.5, 0.6) is 0 Å². The summed E-state index contributed by atoms with van der Waals surface area (Å²) in [5.74, 6) is 0.856. The van der Waals surface area contributed by atoms with E-state index >= 15 is 0 Å². The van der Waals surface area contributed by atoms with Crippen molar-refractivity contribution in [3.8, 4) is 0 Å². The maximum Gasteiger partial charge on any atom is 0.289 e. The zero-order valence-corrected chi connectivity index (χ0v) is 14.1. The van der Waals surface area contributed by atoms with Crippen LogP contribution in [0.15, 0.2) is 4.42 Å². The molecule has 0 radical (unpaired) electrons. The standard InChI is InChI=1S/C17H27N3O3/c1-3-15-18-12(2)16(23-15)17(21)19-13-6-8-20(9-7-13)11-14-5-4-10-22-14/h13-14H,3-11H2,1-2H3,(H,19,21)/t14-/m1/s1. The van der Waals surface area contributed by atoms with E-state index in [1.165, 1.54) is 12.8 Å². The number of amides is 1. The number of likely N-dealkylation sites (tertiary alicyclic amines) is 1. The summed E-state index contributed by atoms with van der Waals surface area (Å²) in [7, 11) is 0. The molecule has 3 heterocycles. The normalized spacial score (nSPS) is 23.3. The van der Waals surface area contributed by atoms with Gasteiger partial charge in [-0.25, -0.2) is 4.98 Å². The molecule has 2 aliphatic heterocycles. The molecule has 2 saturated heterocycles. The highest BCUT2D eigenvalue weighted by molar-refractivity contribution is 5.92. The molecule has 3 rings (SSSR count). The quantitative estimate of drug-likeness (QED) is 0.897. The molecule has 0 aromatic carbocycles. The van der Waals surface area contributed by atoms with Crippen molar-refractivity contribution < 1.29 is 13.9 Å². The minimum atomic E-state index is -0.132. The van der Waals surface area contributed by atoms with Crippen LogP contribution in [-0.4, -0.2) is 54.2 Å². The number of nitrogens with zero attached hydrogens (tertiary/aromatic N) is 2. The number of hydrogen-bond donors (Lipinski definition) is 1. The van der Waals surface area contributed by atoms with Gasteiger partial charge in [0.25, 0.3) is 5.91 Å². The van der Waals surface area contributed by atoms with Gasteiger partial charge in [0.1, 0.15) is 0 Å². The minimum absolute atomic E-state index is 0.132. The Hall–Kier alpha value is -1.40. The number of aryl methyl sites for hydroxylation is 2. The molecule has 0 saturated carbocycles. The van der Waals surface area contributed by atoms with Gasteiger partial charge in [0.15, 0.2) is 5.89 Å². The Morgan fingerprint density at radius 2 is 2.13 bits per heavy atom. The molecule has 0 spiro atoms. The van der Waals surface area contributed by atoms with E-state index in [1.54, 1.807) is 0 Å². The van der Waals surface area contributed by atoms with Crippen molar-refractivity contribution in [3.63, 3.8) is 0 Å². The van der Waals surface area contributed by atoms with Crippen molar-refractivity contribution in [2.75, 3.05) is 26.2 Å². The first-order valence-corrected chi connectivity index (χ1v) is 8.76. The van der Waals surface area contributed by atoms with E-state index in [0.29, 0.717) is 29.9 Å². The summed E-state index contributed by atoms with van der Waals surface area (Å²) in [6.07, 6.45) is 5.44. The predicted molar refractivity (Wildman–Crippen MR) is 86.5 cm³/mol. The van der Waals surface area contributed by atoms with E-state index in [9.17, 15) is 4.79 Å². The number of carbonyl (C=O) groups excluding carboxylic acids is 1. The first-order valence-electron chi connectivity index (χ1n) is 8.76. The van der Waals surface area contributed by atoms with Gasteiger partial charge in [-0.3, -0.25) is 4.79 Å². The molecule has 6 heteroatoms. The molecule has 1 N–H and O–H groups in total. The van der Waals surface area contributed by atoms with Gasteiger partial charge in [-0.2, -0.15) is 0 Å². The number of rotatable bonds is 5. The van der Waals surface area contributed by atoms with Gasteiger partial charge in [0, 0.05) is 38.7 Å². The highest BCUT2D eigenvalue weighted by atomic mass is 16.5. The second-order valence-corrected chi connectivity index (χ2v) is 6.56. The van der Waals surface area contributed by atoms with Crippen LogP contribution in [0.1, 0.15) is 54.7 Å². The molecular formula is C17H27N3O3. The average Bonchev–Trinajstić information content (AvgIpc) is 3.18. The zero-order valence-electron chi connectivity index (χ0n) is 14.1. The van der Waals surface area contributed by atoms with Crippen molar-refractivity contribution in [2.45, 2.75) is 58.1 Å². The molecule has 0 bridgehead atoms. The van der Waals surface area contributed by atoms with Crippen molar-refractivity contribution in [2.24, 2.45) is 0 Å². The smallest absolute Gasteiger partial charge is 0.289 e. The van der Waals surface area contributed by atoms with E-state index in [4.69, 9.17) is 9.15 Å². The number of carbonyl (C=O) groups is 1. The first-order chi connectivity index (χ1) is 11.2. The van der Waals surface area contributed by atoms with Gasteiger partial charge in [-0.05, 0) is 32.6 Å². The number of ether oxygens (including phenoxy) is 1. The SMILES string of the molecule is CCc1nc(C)c(C(=O)NC2CCN(C[C@H]3CCCO3)CC2)o1. The first kappa shape index (κ1) is 16.5. The third kappa shape index (κ3) is 4.12. The van der Waals surface area contributed by atoms with Crippen molar-refractivity contribution in [1.29, 1.82) is 0 Å². The van der Waals surface area contributed by atoms with Gasteiger partial charge in [0.05, 0.1) is 11.8 Å². The summed E-state index contributed by atoms with van der Waals surface area (Å²) in [6.45, 7) is 7.76. The van der Waals surface area contributed by atoms with Crippen LogP contribution >= 0.6 is 0 Å². The highest BCUT2D eigenvalue weighted by Gasteiger charge is 2.26.